The number of anilines is 1. The summed E-state index contributed by atoms with van der Waals surface area (Å²) in [5.74, 6) is -0.0594. The number of carbonyl (C=O) groups is 1. The predicted octanol–water partition coefficient (Wildman–Crippen LogP) is 3.00. The molecule has 0 aliphatic heterocycles. The third kappa shape index (κ3) is 3.86. The minimum atomic E-state index is -3.95. The number of halogens is 1. The van der Waals surface area contributed by atoms with Crippen LogP contribution < -0.4 is 10.1 Å². The molecule has 0 unspecified atom stereocenters. The Morgan fingerprint density at radius 2 is 2.00 bits per heavy atom. The number of ether oxygens (including phenoxy) is 1. The molecular weight excluding hydrogens is 302 g/mol. The molecular formula is C13H18ClNO4S. The van der Waals surface area contributed by atoms with E-state index in [0.717, 1.165) is 0 Å². The summed E-state index contributed by atoms with van der Waals surface area (Å²) in [6.07, 6.45) is 0.662. The molecule has 0 saturated heterocycles. The molecule has 1 rings (SSSR count). The Morgan fingerprint density at radius 3 is 2.45 bits per heavy atom. The zero-order valence-corrected chi connectivity index (χ0v) is 13.4. The van der Waals surface area contributed by atoms with Crippen molar-refractivity contribution in [3.63, 3.8) is 0 Å². The van der Waals surface area contributed by atoms with Gasteiger partial charge in [0.1, 0.15) is 10.6 Å². The molecule has 112 valence electrons. The van der Waals surface area contributed by atoms with Gasteiger partial charge >= 0.3 is 0 Å². The molecule has 0 radical (unpaired) electrons. The van der Waals surface area contributed by atoms with Crippen LogP contribution >= 0.6 is 10.7 Å². The number of rotatable bonds is 5. The standard InChI is InChI=1S/C13H18ClNO4S/c1-5-13(2,3)12(16)15-9-6-7-10(19-4)11(8-9)20(14,17)18/h6-8H,5H2,1-4H3,(H,15,16). The zero-order chi connectivity index (χ0) is 15.6. The largest absolute Gasteiger partial charge is 0.495 e. The van der Waals surface area contributed by atoms with Crippen molar-refractivity contribution in [1.29, 1.82) is 0 Å². The Labute approximate surface area is 123 Å². The fourth-order valence-electron chi connectivity index (χ4n) is 1.41. The highest BCUT2D eigenvalue weighted by molar-refractivity contribution is 8.13. The Morgan fingerprint density at radius 1 is 1.40 bits per heavy atom. The quantitative estimate of drug-likeness (QED) is 0.847. The molecule has 0 heterocycles. The van der Waals surface area contributed by atoms with Crippen LogP contribution in [0.4, 0.5) is 5.69 Å². The number of methoxy groups -OCH3 is 1. The van der Waals surface area contributed by atoms with Crippen molar-refractivity contribution in [2.24, 2.45) is 5.41 Å². The first-order valence-electron chi connectivity index (χ1n) is 6.06. The zero-order valence-electron chi connectivity index (χ0n) is 11.9. The van der Waals surface area contributed by atoms with Gasteiger partial charge in [-0.2, -0.15) is 0 Å². The van der Waals surface area contributed by atoms with Crippen molar-refractivity contribution in [2.45, 2.75) is 32.1 Å². The summed E-state index contributed by atoms with van der Waals surface area (Å²) in [7, 11) is 2.75. The molecule has 0 atom stereocenters. The average Bonchev–Trinajstić information content (AvgIpc) is 2.37. The lowest BCUT2D eigenvalue weighted by Gasteiger charge is -2.21. The van der Waals surface area contributed by atoms with Crippen LogP contribution in [-0.4, -0.2) is 21.4 Å². The molecule has 1 aromatic rings. The van der Waals surface area contributed by atoms with Gasteiger partial charge in [-0.1, -0.05) is 20.8 Å². The number of nitrogens with one attached hydrogen (secondary N) is 1. The third-order valence-electron chi connectivity index (χ3n) is 3.18. The van der Waals surface area contributed by atoms with E-state index in [1.807, 2.05) is 20.8 Å². The van der Waals surface area contributed by atoms with Gasteiger partial charge in [0.25, 0.3) is 9.05 Å². The Balaban J connectivity index is 3.14. The van der Waals surface area contributed by atoms with Crippen LogP contribution in [0.15, 0.2) is 23.1 Å². The fraction of sp³-hybridized carbons (Fsp3) is 0.462. The lowest BCUT2D eigenvalue weighted by atomic mass is 9.89. The lowest BCUT2D eigenvalue weighted by molar-refractivity contribution is -0.124. The summed E-state index contributed by atoms with van der Waals surface area (Å²) in [4.78, 5) is 11.9. The SMILES string of the molecule is CCC(C)(C)C(=O)Nc1ccc(OC)c(S(=O)(=O)Cl)c1. The molecule has 0 aliphatic carbocycles. The van der Waals surface area contributed by atoms with E-state index in [2.05, 4.69) is 5.32 Å². The third-order valence-corrected chi connectivity index (χ3v) is 4.53. The predicted molar refractivity (Wildman–Crippen MR) is 78.7 cm³/mol. The Hall–Kier alpha value is -1.27. The highest BCUT2D eigenvalue weighted by Crippen LogP contribution is 2.30. The first-order valence-corrected chi connectivity index (χ1v) is 8.37. The average molecular weight is 320 g/mol. The second-order valence-electron chi connectivity index (χ2n) is 5.00. The van der Waals surface area contributed by atoms with Crippen LogP contribution in [0.25, 0.3) is 0 Å². The van der Waals surface area contributed by atoms with Crippen molar-refractivity contribution in [3.05, 3.63) is 18.2 Å². The van der Waals surface area contributed by atoms with Crippen molar-refractivity contribution < 1.29 is 17.9 Å². The van der Waals surface area contributed by atoms with E-state index < -0.39 is 14.5 Å². The maximum atomic E-state index is 12.1. The fourth-order valence-corrected chi connectivity index (χ4v) is 2.43. The van der Waals surface area contributed by atoms with Gasteiger partial charge in [-0.05, 0) is 24.6 Å². The smallest absolute Gasteiger partial charge is 0.265 e. The second-order valence-corrected chi connectivity index (χ2v) is 7.53. The van der Waals surface area contributed by atoms with Crippen LogP contribution in [-0.2, 0) is 13.8 Å². The van der Waals surface area contributed by atoms with Gasteiger partial charge in [-0.3, -0.25) is 4.79 Å². The lowest BCUT2D eigenvalue weighted by Crippen LogP contribution is -2.30. The minimum absolute atomic E-state index is 0.132. The highest BCUT2D eigenvalue weighted by atomic mass is 35.7. The maximum Gasteiger partial charge on any atom is 0.265 e. The summed E-state index contributed by atoms with van der Waals surface area (Å²) in [5, 5.41) is 2.68. The van der Waals surface area contributed by atoms with Crippen molar-refractivity contribution in [3.8, 4) is 5.75 Å². The molecule has 1 N–H and O–H groups in total. The van der Waals surface area contributed by atoms with Gasteiger partial charge in [-0.15, -0.1) is 0 Å². The molecule has 1 aromatic carbocycles. The van der Waals surface area contributed by atoms with Crippen LogP contribution in [0.1, 0.15) is 27.2 Å². The molecule has 7 heteroatoms. The van der Waals surface area contributed by atoms with E-state index in [1.54, 1.807) is 6.07 Å². The van der Waals surface area contributed by atoms with Crippen molar-refractivity contribution in [1.82, 2.24) is 0 Å². The molecule has 0 saturated carbocycles. The van der Waals surface area contributed by atoms with Gasteiger partial charge in [0, 0.05) is 21.8 Å². The highest BCUT2D eigenvalue weighted by Gasteiger charge is 2.26. The Kier molecular flexibility index (Phi) is 5.05. The number of benzene rings is 1. The topological polar surface area (TPSA) is 72.5 Å². The monoisotopic (exact) mass is 319 g/mol. The second kappa shape index (κ2) is 6.01. The molecule has 0 aromatic heterocycles. The first-order chi connectivity index (χ1) is 9.11. The minimum Gasteiger partial charge on any atom is -0.495 e. The van der Waals surface area contributed by atoms with E-state index in [-0.39, 0.29) is 16.6 Å². The summed E-state index contributed by atoms with van der Waals surface area (Å²) in [6, 6.07) is 4.29. The number of hydrogen-bond donors (Lipinski definition) is 1. The van der Waals surface area contributed by atoms with Gasteiger partial charge in [0.05, 0.1) is 7.11 Å². The first kappa shape index (κ1) is 16.8. The van der Waals surface area contributed by atoms with Crippen LogP contribution in [0.2, 0.25) is 0 Å². The van der Waals surface area contributed by atoms with Crippen LogP contribution in [0.5, 0.6) is 5.75 Å². The normalized spacial score (nSPS) is 12.1. The Bertz CT molecular complexity index is 611. The summed E-state index contributed by atoms with van der Waals surface area (Å²) in [5.41, 5.74) is -0.184. The molecule has 0 fully saturated rings. The van der Waals surface area contributed by atoms with E-state index in [1.165, 1.54) is 19.2 Å². The number of hydrogen-bond acceptors (Lipinski definition) is 4. The maximum absolute atomic E-state index is 12.1. The van der Waals surface area contributed by atoms with E-state index in [9.17, 15) is 13.2 Å². The molecule has 1 amide bonds. The molecule has 0 aliphatic rings. The number of carbonyl (C=O) groups excluding carboxylic acids is 1. The molecule has 20 heavy (non-hydrogen) atoms. The van der Waals surface area contributed by atoms with Gasteiger partial charge < -0.3 is 10.1 Å². The summed E-state index contributed by atoms with van der Waals surface area (Å²) in [6.45, 7) is 5.53. The van der Waals surface area contributed by atoms with Gasteiger partial charge in [0.15, 0.2) is 0 Å². The summed E-state index contributed by atoms with van der Waals surface area (Å²) < 4.78 is 27.9. The van der Waals surface area contributed by atoms with Crippen molar-refractivity contribution in [2.75, 3.05) is 12.4 Å². The molecule has 0 spiro atoms. The van der Waals surface area contributed by atoms with Crippen LogP contribution in [0.3, 0.4) is 0 Å². The van der Waals surface area contributed by atoms with E-state index in [0.29, 0.717) is 12.1 Å². The van der Waals surface area contributed by atoms with Crippen LogP contribution in [0, 0.1) is 5.41 Å². The van der Waals surface area contributed by atoms with Gasteiger partial charge in [-0.25, -0.2) is 8.42 Å². The van der Waals surface area contributed by atoms with E-state index >= 15 is 0 Å². The number of amides is 1. The molecule has 0 bridgehead atoms. The molecule has 5 nitrogen and oxygen atoms in total. The van der Waals surface area contributed by atoms with E-state index in [4.69, 9.17) is 15.4 Å². The summed E-state index contributed by atoms with van der Waals surface area (Å²) >= 11 is 0. The van der Waals surface area contributed by atoms with Crippen molar-refractivity contribution >= 4 is 31.3 Å². The van der Waals surface area contributed by atoms with Gasteiger partial charge in [0.2, 0.25) is 5.91 Å².